The van der Waals surface area contributed by atoms with Crippen LogP contribution in [0, 0.1) is 0 Å². The summed E-state index contributed by atoms with van der Waals surface area (Å²) < 4.78 is 7.72. The molecule has 0 N–H and O–H groups in total. The van der Waals surface area contributed by atoms with E-state index in [4.69, 9.17) is 9.40 Å². The minimum absolute atomic E-state index is 0.874. The second-order valence-corrected chi connectivity index (χ2v) is 14.9. The SMILES string of the molecule is c1ccc(-c2ccc3oc4cc(-c5ccccc5N(c5ccccc5)c5ccc6ccc7ccc8nc(-c9ccccc9)sc8c7c6c5)ccc4c3c2)cc1. The maximum atomic E-state index is 6.51. The summed E-state index contributed by atoms with van der Waals surface area (Å²) in [5.41, 5.74) is 11.8. The number of hydrogen-bond acceptors (Lipinski definition) is 4. The van der Waals surface area contributed by atoms with Crippen LogP contribution in [0.1, 0.15) is 0 Å². The van der Waals surface area contributed by atoms with Gasteiger partial charge in [-0.3, -0.25) is 0 Å². The average molecular weight is 721 g/mol. The Labute approximate surface area is 322 Å². The van der Waals surface area contributed by atoms with Crippen LogP contribution < -0.4 is 4.90 Å². The molecule has 0 amide bonds. The van der Waals surface area contributed by atoms with Crippen molar-refractivity contribution in [2.45, 2.75) is 0 Å². The Morgan fingerprint density at radius 3 is 1.96 bits per heavy atom. The minimum Gasteiger partial charge on any atom is -0.456 e. The molecule has 0 unspecified atom stereocenters. The lowest BCUT2D eigenvalue weighted by atomic mass is 9.98. The van der Waals surface area contributed by atoms with Crippen LogP contribution in [0.4, 0.5) is 17.1 Å². The van der Waals surface area contributed by atoms with E-state index >= 15 is 0 Å². The third-order valence-electron chi connectivity index (χ3n) is 10.7. The molecular weight excluding hydrogens is 689 g/mol. The fraction of sp³-hybridized carbons (Fsp3) is 0. The van der Waals surface area contributed by atoms with E-state index in [1.54, 1.807) is 11.3 Å². The van der Waals surface area contributed by atoms with Gasteiger partial charge in [-0.05, 0) is 93.5 Å². The van der Waals surface area contributed by atoms with Crippen LogP contribution in [0.2, 0.25) is 0 Å². The van der Waals surface area contributed by atoms with Gasteiger partial charge in [0, 0.05) is 38.7 Å². The molecule has 3 nitrogen and oxygen atoms in total. The Kier molecular flexibility index (Phi) is 7.35. The molecule has 0 radical (unpaired) electrons. The van der Waals surface area contributed by atoms with Gasteiger partial charge in [-0.25, -0.2) is 4.98 Å². The van der Waals surface area contributed by atoms with E-state index in [1.807, 2.05) is 0 Å². The summed E-state index contributed by atoms with van der Waals surface area (Å²) in [6.07, 6.45) is 0. The molecule has 11 rings (SSSR count). The van der Waals surface area contributed by atoms with Crippen molar-refractivity contribution in [1.29, 1.82) is 0 Å². The molecular formula is C51H32N2OS. The number of hydrogen-bond donors (Lipinski definition) is 0. The number of para-hydroxylation sites is 2. The summed E-state index contributed by atoms with van der Waals surface area (Å²) in [5.74, 6) is 0. The smallest absolute Gasteiger partial charge is 0.136 e. The molecule has 0 bridgehead atoms. The van der Waals surface area contributed by atoms with Crippen LogP contribution in [0.5, 0.6) is 0 Å². The summed E-state index contributed by atoms with van der Waals surface area (Å²) in [6, 6.07) is 69.1. The van der Waals surface area contributed by atoms with Gasteiger partial charge in [0.25, 0.3) is 0 Å². The van der Waals surface area contributed by atoms with Crippen molar-refractivity contribution in [2.24, 2.45) is 0 Å². The molecule has 0 atom stereocenters. The van der Waals surface area contributed by atoms with Gasteiger partial charge in [0.1, 0.15) is 16.2 Å². The summed E-state index contributed by atoms with van der Waals surface area (Å²) >= 11 is 1.77. The predicted octanol–water partition coefficient (Wildman–Crippen LogP) is 15.0. The van der Waals surface area contributed by atoms with Crippen molar-refractivity contribution in [3.05, 3.63) is 194 Å². The Hall–Kier alpha value is -7.01. The average Bonchev–Trinajstić information content (AvgIpc) is 3.86. The molecule has 4 heteroatoms. The Balaban J connectivity index is 1.08. The van der Waals surface area contributed by atoms with Crippen LogP contribution >= 0.6 is 11.3 Å². The fourth-order valence-corrected chi connectivity index (χ4v) is 9.16. The first-order chi connectivity index (χ1) is 27.2. The molecule has 0 aliphatic heterocycles. The van der Waals surface area contributed by atoms with Gasteiger partial charge < -0.3 is 9.32 Å². The van der Waals surface area contributed by atoms with Crippen LogP contribution in [0.15, 0.2) is 199 Å². The third kappa shape index (κ3) is 5.38. The molecule has 11 aromatic rings. The number of benzene rings is 9. The van der Waals surface area contributed by atoms with Gasteiger partial charge in [0.15, 0.2) is 0 Å². The van der Waals surface area contributed by atoms with Crippen LogP contribution in [-0.2, 0) is 0 Å². The highest BCUT2D eigenvalue weighted by molar-refractivity contribution is 7.22. The zero-order chi connectivity index (χ0) is 36.3. The monoisotopic (exact) mass is 720 g/mol. The van der Waals surface area contributed by atoms with Gasteiger partial charge in [-0.15, -0.1) is 11.3 Å². The highest BCUT2D eigenvalue weighted by atomic mass is 32.1. The van der Waals surface area contributed by atoms with Crippen molar-refractivity contribution in [3.63, 3.8) is 0 Å². The van der Waals surface area contributed by atoms with E-state index in [1.165, 1.54) is 37.4 Å². The third-order valence-corrected chi connectivity index (χ3v) is 11.8. The lowest BCUT2D eigenvalue weighted by molar-refractivity contribution is 0.669. The van der Waals surface area contributed by atoms with Gasteiger partial charge in [0.05, 0.1) is 15.9 Å². The summed E-state index contributed by atoms with van der Waals surface area (Å²) in [5, 5.41) is 8.13. The second-order valence-electron chi connectivity index (χ2n) is 13.9. The Morgan fingerprint density at radius 2 is 1.13 bits per heavy atom. The molecule has 0 spiro atoms. The summed E-state index contributed by atoms with van der Waals surface area (Å²) in [4.78, 5) is 7.47. The highest BCUT2D eigenvalue weighted by Crippen LogP contribution is 2.45. The number of rotatable bonds is 6. The standard InChI is InChI=1S/C51H32N2OS/c1-4-12-33(13-5-1)37-25-29-47-44(30-37)42-27-23-38(31-48(42)54-47)41-18-10-11-19-46(41)53(39-16-8-3-9-17-39)40-26-22-34-20-21-35-24-28-45-50(49(35)43(34)32-40)55-51(52-45)36-14-6-2-7-15-36/h1-32H. The quantitative estimate of drug-likeness (QED) is 0.160. The molecule has 2 aromatic heterocycles. The minimum atomic E-state index is 0.874. The first kappa shape index (κ1) is 31.5. The van der Waals surface area contributed by atoms with Crippen molar-refractivity contribution in [3.8, 4) is 32.8 Å². The normalized spacial score (nSPS) is 11.6. The molecule has 2 heterocycles. The number of furan rings is 1. The van der Waals surface area contributed by atoms with Crippen molar-refractivity contribution < 1.29 is 4.42 Å². The van der Waals surface area contributed by atoms with E-state index < -0.39 is 0 Å². The maximum Gasteiger partial charge on any atom is 0.136 e. The molecule has 0 saturated heterocycles. The molecule has 0 fully saturated rings. The lowest BCUT2D eigenvalue weighted by Crippen LogP contribution is -2.11. The van der Waals surface area contributed by atoms with Crippen LogP contribution in [0.25, 0.3) is 86.5 Å². The lowest BCUT2D eigenvalue weighted by Gasteiger charge is -2.28. The Morgan fingerprint density at radius 1 is 0.436 bits per heavy atom. The van der Waals surface area contributed by atoms with Gasteiger partial charge in [0.2, 0.25) is 0 Å². The van der Waals surface area contributed by atoms with E-state index in [2.05, 4.69) is 199 Å². The topological polar surface area (TPSA) is 29.3 Å². The molecule has 258 valence electrons. The van der Waals surface area contributed by atoms with E-state index in [0.717, 1.165) is 66.2 Å². The predicted molar refractivity (Wildman–Crippen MR) is 233 cm³/mol. The maximum absolute atomic E-state index is 6.51. The van der Waals surface area contributed by atoms with E-state index in [0.29, 0.717) is 0 Å². The Bertz CT molecular complexity index is 3200. The van der Waals surface area contributed by atoms with Crippen molar-refractivity contribution in [2.75, 3.05) is 4.90 Å². The number of nitrogens with zero attached hydrogens (tertiary/aromatic N) is 2. The molecule has 0 saturated carbocycles. The largest absolute Gasteiger partial charge is 0.456 e. The molecule has 0 aliphatic carbocycles. The number of thiazole rings is 1. The second kappa shape index (κ2) is 12.8. The van der Waals surface area contributed by atoms with Crippen LogP contribution in [0.3, 0.4) is 0 Å². The van der Waals surface area contributed by atoms with E-state index in [9.17, 15) is 0 Å². The summed E-state index contributed by atoms with van der Waals surface area (Å²) in [6.45, 7) is 0. The van der Waals surface area contributed by atoms with Crippen molar-refractivity contribution >= 4 is 82.1 Å². The molecule has 55 heavy (non-hydrogen) atoms. The first-order valence-corrected chi connectivity index (χ1v) is 19.3. The van der Waals surface area contributed by atoms with Gasteiger partial charge >= 0.3 is 0 Å². The first-order valence-electron chi connectivity index (χ1n) is 18.5. The summed E-state index contributed by atoms with van der Waals surface area (Å²) in [7, 11) is 0. The molecule has 0 aliphatic rings. The zero-order valence-electron chi connectivity index (χ0n) is 29.7. The van der Waals surface area contributed by atoms with E-state index in [-0.39, 0.29) is 0 Å². The zero-order valence-corrected chi connectivity index (χ0v) is 30.5. The molecule has 9 aromatic carbocycles. The van der Waals surface area contributed by atoms with Gasteiger partial charge in [-0.2, -0.15) is 0 Å². The number of aromatic nitrogens is 1. The van der Waals surface area contributed by atoms with Gasteiger partial charge in [-0.1, -0.05) is 133 Å². The number of fused-ring (bicyclic) bond motifs is 8. The van der Waals surface area contributed by atoms with Crippen LogP contribution in [-0.4, -0.2) is 4.98 Å². The van der Waals surface area contributed by atoms with Crippen molar-refractivity contribution in [1.82, 2.24) is 4.98 Å². The fourth-order valence-electron chi connectivity index (χ4n) is 8.02. The number of anilines is 3. The highest BCUT2D eigenvalue weighted by Gasteiger charge is 2.20.